The molecule has 5 nitrogen and oxygen atoms in total. The molecule has 0 aliphatic heterocycles. The summed E-state index contributed by atoms with van der Waals surface area (Å²) in [5.41, 5.74) is 0.802. The Morgan fingerprint density at radius 3 is 2.33 bits per heavy atom. The zero-order chi connectivity index (χ0) is 18.3. The van der Waals surface area contributed by atoms with Crippen LogP contribution in [0.2, 0.25) is 10.0 Å². The van der Waals surface area contributed by atoms with E-state index in [2.05, 4.69) is 5.32 Å². The van der Waals surface area contributed by atoms with Crippen LogP contribution in [0.5, 0.6) is 0 Å². The standard InChI is InChI=1S/C17H25Cl2N3O2/c1-5-22(6-2)17(24)11-21(4)10-16(23)20-12(3)14-8-7-13(18)9-15(14)19/h7-9,12H,5-6,10-11H2,1-4H3,(H,20,23)/t12-/m0/s1. The summed E-state index contributed by atoms with van der Waals surface area (Å²) in [7, 11) is 1.75. The van der Waals surface area contributed by atoms with E-state index in [9.17, 15) is 9.59 Å². The van der Waals surface area contributed by atoms with Crippen molar-refractivity contribution in [1.82, 2.24) is 15.1 Å². The van der Waals surface area contributed by atoms with E-state index in [1.165, 1.54) is 0 Å². The first-order chi connectivity index (χ1) is 11.3. The highest BCUT2D eigenvalue weighted by molar-refractivity contribution is 6.35. The van der Waals surface area contributed by atoms with Crippen molar-refractivity contribution in [2.45, 2.75) is 26.8 Å². The third kappa shape index (κ3) is 6.30. The first-order valence-electron chi connectivity index (χ1n) is 7.99. The van der Waals surface area contributed by atoms with Crippen LogP contribution in [0, 0.1) is 0 Å². The van der Waals surface area contributed by atoms with E-state index in [0.29, 0.717) is 23.1 Å². The Bertz CT molecular complexity index is 577. The molecule has 0 aliphatic rings. The molecule has 0 fully saturated rings. The molecule has 24 heavy (non-hydrogen) atoms. The number of benzene rings is 1. The highest BCUT2D eigenvalue weighted by Gasteiger charge is 2.17. The maximum atomic E-state index is 12.2. The summed E-state index contributed by atoms with van der Waals surface area (Å²) in [5, 5.41) is 3.95. The van der Waals surface area contributed by atoms with Gasteiger partial charge in [0.1, 0.15) is 0 Å². The molecule has 1 aromatic rings. The molecule has 7 heteroatoms. The Labute approximate surface area is 153 Å². The lowest BCUT2D eigenvalue weighted by Crippen LogP contribution is -2.43. The normalized spacial score (nSPS) is 12.1. The average molecular weight is 374 g/mol. The Morgan fingerprint density at radius 2 is 1.79 bits per heavy atom. The lowest BCUT2D eigenvalue weighted by atomic mass is 10.1. The third-order valence-corrected chi connectivity index (χ3v) is 4.30. The van der Waals surface area contributed by atoms with Crippen LogP contribution in [0.25, 0.3) is 0 Å². The Morgan fingerprint density at radius 1 is 1.17 bits per heavy atom. The van der Waals surface area contributed by atoms with Crippen molar-refractivity contribution in [3.8, 4) is 0 Å². The molecule has 0 heterocycles. The average Bonchev–Trinajstić information content (AvgIpc) is 2.47. The molecule has 0 saturated carbocycles. The zero-order valence-electron chi connectivity index (χ0n) is 14.6. The van der Waals surface area contributed by atoms with Crippen molar-refractivity contribution in [3.63, 3.8) is 0 Å². The number of rotatable bonds is 8. The van der Waals surface area contributed by atoms with Gasteiger partial charge in [0.05, 0.1) is 19.1 Å². The fourth-order valence-electron chi connectivity index (χ4n) is 2.43. The molecule has 2 amide bonds. The van der Waals surface area contributed by atoms with Crippen molar-refractivity contribution >= 4 is 35.0 Å². The molecule has 1 atom stereocenters. The number of hydrogen-bond donors (Lipinski definition) is 1. The van der Waals surface area contributed by atoms with Gasteiger partial charge in [0.15, 0.2) is 0 Å². The molecule has 1 aromatic carbocycles. The molecule has 0 spiro atoms. The van der Waals surface area contributed by atoms with Crippen molar-refractivity contribution in [3.05, 3.63) is 33.8 Å². The molecule has 0 aromatic heterocycles. The number of likely N-dealkylation sites (N-methyl/N-ethyl adjacent to an activating group) is 2. The van der Waals surface area contributed by atoms with Gasteiger partial charge in [-0.15, -0.1) is 0 Å². The molecule has 0 saturated heterocycles. The van der Waals surface area contributed by atoms with E-state index in [1.807, 2.05) is 20.8 Å². The van der Waals surface area contributed by atoms with Gasteiger partial charge in [-0.3, -0.25) is 14.5 Å². The largest absolute Gasteiger partial charge is 0.348 e. The number of nitrogens with zero attached hydrogens (tertiary/aromatic N) is 2. The topological polar surface area (TPSA) is 52.7 Å². The fourth-order valence-corrected chi connectivity index (χ4v) is 3.00. The molecular formula is C17H25Cl2N3O2. The number of halogens is 2. The summed E-state index contributed by atoms with van der Waals surface area (Å²) in [5.74, 6) is -0.146. The molecular weight excluding hydrogens is 349 g/mol. The molecule has 0 aliphatic carbocycles. The maximum absolute atomic E-state index is 12.2. The van der Waals surface area contributed by atoms with Crippen molar-refractivity contribution < 1.29 is 9.59 Å². The van der Waals surface area contributed by atoms with Crippen LogP contribution in [-0.2, 0) is 9.59 Å². The van der Waals surface area contributed by atoms with Crippen LogP contribution < -0.4 is 5.32 Å². The number of amides is 2. The van der Waals surface area contributed by atoms with E-state index in [0.717, 1.165) is 5.56 Å². The van der Waals surface area contributed by atoms with Crippen LogP contribution in [0.1, 0.15) is 32.4 Å². The van der Waals surface area contributed by atoms with E-state index >= 15 is 0 Å². The summed E-state index contributed by atoms with van der Waals surface area (Å²) in [4.78, 5) is 27.6. The summed E-state index contributed by atoms with van der Waals surface area (Å²) >= 11 is 12.0. The molecule has 0 bridgehead atoms. The van der Waals surface area contributed by atoms with E-state index in [-0.39, 0.29) is 30.9 Å². The zero-order valence-corrected chi connectivity index (χ0v) is 16.1. The molecule has 1 N–H and O–H groups in total. The maximum Gasteiger partial charge on any atom is 0.236 e. The lowest BCUT2D eigenvalue weighted by molar-refractivity contribution is -0.132. The van der Waals surface area contributed by atoms with Crippen LogP contribution in [0.3, 0.4) is 0 Å². The quantitative estimate of drug-likeness (QED) is 0.761. The third-order valence-electron chi connectivity index (χ3n) is 3.74. The van der Waals surface area contributed by atoms with E-state index < -0.39 is 0 Å². The van der Waals surface area contributed by atoms with Crippen LogP contribution in [-0.4, -0.2) is 54.8 Å². The minimum Gasteiger partial charge on any atom is -0.348 e. The van der Waals surface area contributed by atoms with E-state index in [1.54, 1.807) is 35.0 Å². The van der Waals surface area contributed by atoms with Gasteiger partial charge in [-0.05, 0) is 45.5 Å². The van der Waals surface area contributed by atoms with Gasteiger partial charge >= 0.3 is 0 Å². The Hall–Kier alpha value is -1.30. The number of hydrogen-bond acceptors (Lipinski definition) is 3. The summed E-state index contributed by atoms with van der Waals surface area (Å²) < 4.78 is 0. The van der Waals surface area contributed by atoms with Crippen LogP contribution >= 0.6 is 23.2 Å². The minimum absolute atomic E-state index is 0.0177. The SMILES string of the molecule is CCN(CC)C(=O)CN(C)CC(=O)N[C@@H](C)c1ccc(Cl)cc1Cl. The second-order valence-electron chi connectivity index (χ2n) is 5.69. The van der Waals surface area contributed by atoms with Gasteiger partial charge in [-0.1, -0.05) is 29.3 Å². The summed E-state index contributed by atoms with van der Waals surface area (Å²) in [6, 6.07) is 4.94. The predicted molar refractivity (Wildman–Crippen MR) is 98.4 cm³/mol. The van der Waals surface area contributed by atoms with Gasteiger partial charge in [0.25, 0.3) is 0 Å². The van der Waals surface area contributed by atoms with Crippen molar-refractivity contribution in [2.24, 2.45) is 0 Å². The monoisotopic (exact) mass is 373 g/mol. The van der Waals surface area contributed by atoms with E-state index in [4.69, 9.17) is 23.2 Å². The summed E-state index contributed by atoms with van der Waals surface area (Å²) in [6.45, 7) is 7.42. The Balaban J connectivity index is 2.54. The lowest BCUT2D eigenvalue weighted by Gasteiger charge is -2.23. The van der Waals surface area contributed by atoms with Gasteiger partial charge in [0.2, 0.25) is 11.8 Å². The van der Waals surface area contributed by atoms with Crippen molar-refractivity contribution in [1.29, 1.82) is 0 Å². The number of nitrogens with one attached hydrogen (secondary N) is 1. The molecule has 0 radical (unpaired) electrons. The first kappa shape index (κ1) is 20.7. The first-order valence-corrected chi connectivity index (χ1v) is 8.74. The second kappa shape index (κ2) is 9.87. The minimum atomic E-state index is -0.242. The van der Waals surface area contributed by atoms with Crippen LogP contribution in [0.4, 0.5) is 0 Å². The number of carbonyl (C=O) groups is 2. The van der Waals surface area contributed by atoms with Crippen LogP contribution in [0.15, 0.2) is 18.2 Å². The van der Waals surface area contributed by atoms with Gasteiger partial charge in [-0.25, -0.2) is 0 Å². The highest BCUT2D eigenvalue weighted by atomic mass is 35.5. The van der Waals surface area contributed by atoms with Gasteiger partial charge in [-0.2, -0.15) is 0 Å². The van der Waals surface area contributed by atoms with Crippen molar-refractivity contribution in [2.75, 3.05) is 33.2 Å². The molecule has 0 unspecified atom stereocenters. The highest BCUT2D eigenvalue weighted by Crippen LogP contribution is 2.25. The number of carbonyl (C=O) groups excluding carboxylic acids is 2. The smallest absolute Gasteiger partial charge is 0.236 e. The molecule has 134 valence electrons. The molecule has 1 rings (SSSR count). The van der Waals surface area contributed by atoms with Gasteiger partial charge in [0, 0.05) is 23.1 Å². The summed E-state index contributed by atoms with van der Waals surface area (Å²) in [6.07, 6.45) is 0. The fraction of sp³-hybridized carbons (Fsp3) is 0.529. The predicted octanol–water partition coefficient (Wildman–Crippen LogP) is 2.97. The van der Waals surface area contributed by atoms with Gasteiger partial charge < -0.3 is 10.2 Å². The Kier molecular flexibility index (Phi) is 8.53. The second-order valence-corrected chi connectivity index (χ2v) is 6.54.